The SMILES string of the molecule is CN(Cn1nc(-c2ccc3ccccc3n2)oc1=S)c1ccccc1. The number of fused-ring (bicyclic) bond motifs is 1. The number of rotatable bonds is 4. The average Bonchev–Trinajstić information content (AvgIpc) is 3.02. The topological polar surface area (TPSA) is 47.1 Å². The minimum atomic E-state index is 0.327. The van der Waals surface area contributed by atoms with Gasteiger partial charge >= 0.3 is 0 Å². The summed E-state index contributed by atoms with van der Waals surface area (Å²) in [7, 11) is 1.99. The van der Waals surface area contributed by atoms with Crippen molar-refractivity contribution in [2.45, 2.75) is 6.67 Å². The first kappa shape index (κ1) is 15.5. The monoisotopic (exact) mass is 348 g/mol. The van der Waals surface area contributed by atoms with Gasteiger partial charge in [-0.1, -0.05) is 42.5 Å². The van der Waals surface area contributed by atoms with Gasteiger partial charge in [0.05, 0.1) is 5.52 Å². The third-order valence-corrected chi connectivity index (χ3v) is 4.26. The van der Waals surface area contributed by atoms with Gasteiger partial charge in [-0.15, -0.1) is 5.10 Å². The van der Waals surface area contributed by atoms with Crippen molar-refractivity contribution in [1.82, 2.24) is 14.8 Å². The van der Waals surface area contributed by atoms with Gasteiger partial charge in [-0.25, -0.2) is 9.67 Å². The molecule has 0 fully saturated rings. The van der Waals surface area contributed by atoms with E-state index in [1.165, 1.54) is 0 Å². The van der Waals surface area contributed by atoms with E-state index in [9.17, 15) is 0 Å². The largest absolute Gasteiger partial charge is 0.408 e. The van der Waals surface area contributed by atoms with E-state index in [-0.39, 0.29) is 0 Å². The van der Waals surface area contributed by atoms with Gasteiger partial charge in [0.1, 0.15) is 12.4 Å². The second kappa shape index (κ2) is 6.49. The second-order valence-corrected chi connectivity index (χ2v) is 6.09. The van der Waals surface area contributed by atoms with E-state index in [0.717, 1.165) is 16.6 Å². The number of benzene rings is 2. The Balaban J connectivity index is 1.64. The molecule has 124 valence electrons. The maximum Gasteiger partial charge on any atom is 0.289 e. The van der Waals surface area contributed by atoms with Gasteiger partial charge in [0, 0.05) is 18.1 Å². The Morgan fingerprint density at radius 2 is 1.76 bits per heavy atom. The molecule has 0 unspecified atom stereocenters. The molecular weight excluding hydrogens is 332 g/mol. The smallest absolute Gasteiger partial charge is 0.289 e. The van der Waals surface area contributed by atoms with Crippen LogP contribution in [0.4, 0.5) is 5.69 Å². The Kier molecular flexibility index (Phi) is 4.03. The summed E-state index contributed by atoms with van der Waals surface area (Å²) in [4.78, 5) is 6.99. The first-order valence-corrected chi connectivity index (χ1v) is 8.32. The minimum Gasteiger partial charge on any atom is -0.408 e. The molecule has 0 aliphatic heterocycles. The van der Waals surface area contributed by atoms with Crippen molar-refractivity contribution < 1.29 is 4.42 Å². The molecule has 4 aromatic rings. The summed E-state index contributed by atoms with van der Waals surface area (Å²) in [5.41, 5.74) is 2.65. The molecule has 5 nitrogen and oxygen atoms in total. The lowest BCUT2D eigenvalue weighted by Gasteiger charge is -2.18. The van der Waals surface area contributed by atoms with Crippen molar-refractivity contribution in [3.05, 3.63) is 71.6 Å². The zero-order valence-electron chi connectivity index (χ0n) is 13.7. The molecule has 0 amide bonds. The fraction of sp³-hybridized carbons (Fsp3) is 0.105. The highest BCUT2D eigenvalue weighted by Gasteiger charge is 2.12. The zero-order valence-corrected chi connectivity index (χ0v) is 14.5. The lowest BCUT2D eigenvalue weighted by Crippen LogP contribution is -2.22. The van der Waals surface area contributed by atoms with Crippen molar-refractivity contribution in [1.29, 1.82) is 0 Å². The maximum absolute atomic E-state index is 5.66. The highest BCUT2D eigenvalue weighted by Crippen LogP contribution is 2.20. The predicted octanol–water partition coefficient (Wildman–Crippen LogP) is 4.51. The van der Waals surface area contributed by atoms with E-state index in [2.05, 4.69) is 15.0 Å². The standard InChI is InChI=1S/C19H16N4OS/c1-22(15-8-3-2-4-9-15)13-23-19(25)24-18(21-23)17-12-11-14-7-5-6-10-16(14)20-17/h2-12H,13H2,1H3. The van der Waals surface area contributed by atoms with Crippen molar-refractivity contribution in [2.75, 3.05) is 11.9 Å². The summed E-state index contributed by atoms with van der Waals surface area (Å²) < 4.78 is 7.33. The summed E-state index contributed by atoms with van der Waals surface area (Å²) in [6.07, 6.45) is 0. The summed E-state index contributed by atoms with van der Waals surface area (Å²) in [6.45, 7) is 0.500. The number of hydrogen-bond donors (Lipinski definition) is 0. The van der Waals surface area contributed by atoms with Gasteiger partial charge in [-0.2, -0.15) is 0 Å². The van der Waals surface area contributed by atoms with Crippen LogP contribution >= 0.6 is 12.2 Å². The highest BCUT2D eigenvalue weighted by atomic mass is 32.1. The number of hydrogen-bond acceptors (Lipinski definition) is 5. The van der Waals surface area contributed by atoms with Crippen LogP contribution in [0.5, 0.6) is 0 Å². The summed E-state index contributed by atoms with van der Waals surface area (Å²) in [6, 6.07) is 21.9. The Labute approximate surface area is 150 Å². The molecule has 0 aliphatic rings. The predicted molar refractivity (Wildman–Crippen MR) is 101 cm³/mol. The number of anilines is 1. The molecule has 0 aliphatic carbocycles. The van der Waals surface area contributed by atoms with E-state index in [1.54, 1.807) is 4.68 Å². The van der Waals surface area contributed by atoms with Crippen LogP contribution < -0.4 is 4.90 Å². The van der Waals surface area contributed by atoms with Crippen LogP contribution in [0.25, 0.3) is 22.5 Å². The molecule has 0 saturated heterocycles. The number of para-hydroxylation sites is 2. The third kappa shape index (κ3) is 3.16. The fourth-order valence-corrected chi connectivity index (χ4v) is 2.83. The Hall–Kier alpha value is -2.99. The molecule has 0 radical (unpaired) electrons. The number of aromatic nitrogens is 3. The van der Waals surface area contributed by atoms with E-state index in [4.69, 9.17) is 16.6 Å². The van der Waals surface area contributed by atoms with Crippen LogP contribution in [-0.4, -0.2) is 21.8 Å². The number of pyridine rings is 1. The van der Waals surface area contributed by atoms with E-state index >= 15 is 0 Å². The average molecular weight is 348 g/mol. The van der Waals surface area contributed by atoms with Gasteiger partial charge in [0.2, 0.25) is 0 Å². The van der Waals surface area contributed by atoms with Crippen molar-refractivity contribution in [3.8, 4) is 11.6 Å². The van der Waals surface area contributed by atoms with E-state index in [0.29, 0.717) is 23.1 Å². The second-order valence-electron chi connectivity index (χ2n) is 5.74. The highest BCUT2D eigenvalue weighted by molar-refractivity contribution is 7.71. The van der Waals surface area contributed by atoms with Crippen LogP contribution in [0.2, 0.25) is 0 Å². The van der Waals surface area contributed by atoms with Gasteiger partial charge < -0.3 is 9.32 Å². The zero-order chi connectivity index (χ0) is 17.2. The molecule has 0 N–H and O–H groups in total. The molecule has 25 heavy (non-hydrogen) atoms. The molecule has 2 aromatic heterocycles. The molecule has 4 rings (SSSR count). The molecule has 0 bridgehead atoms. The lowest BCUT2D eigenvalue weighted by atomic mass is 10.2. The quantitative estimate of drug-likeness (QED) is 0.508. The third-order valence-electron chi connectivity index (χ3n) is 3.97. The molecular formula is C19H16N4OS. The van der Waals surface area contributed by atoms with Crippen LogP contribution in [0, 0.1) is 4.84 Å². The van der Waals surface area contributed by atoms with Gasteiger partial charge in [-0.3, -0.25) is 0 Å². The van der Waals surface area contributed by atoms with Crippen molar-refractivity contribution >= 4 is 28.8 Å². The normalized spacial score (nSPS) is 10.9. The van der Waals surface area contributed by atoms with E-state index in [1.807, 2.05) is 73.8 Å². The molecule has 6 heteroatoms. The molecule has 0 atom stereocenters. The first-order chi connectivity index (χ1) is 12.2. The Morgan fingerprint density at radius 1 is 1.00 bits per heavy atom. The van der Waals surface area contributed by atoms with Crippen molar-refractivity contribution in [2.24, 2.45) is 0 Å². The van der Waals surface area contributed by atoms with Gasteiger partial charge in [0.25, 0.3) is 10.7 Å². The molecule has 0 spiro atoms. The van der Waals surface area contributed by atoms with Crippen LogP contribution in [0.3, 0.4) is 0 Å². The summed E-state index contributed by atoms with van der Waals surface area (Å²) in [5, 5.41) is 5.57. The summed E-state index contributed by atoms with van der Waals surface area (Å²) >= 11 is 5.32. The maximum atomic E-state index is 5.66. The van der Waals surface area contributed by atoms with Crippen LogP contribution in [0.1, 0.15) is 0 Å². The Bertz CT molecular complexity index is 1070. The lowest BCUT2D eigenvalue weighted by molar-refractivity contribution is 0.509. The van der Waals surface area contributed by atoms with Gasteiger partial charge in [-0.05, 0) is 36.5 Å². The fourth-order valence-electron chi connectivity index (χ4n) is 2.65. The molecule has 2 aromatic carbocycles. The van der Waals surface area contributed by atoms with E-state index < -0.39 is 0 Å². The van der Waals surface area contributed by atoms with Crippen molar-refractivity contribution in [3.63, 3.8) is 0 Å². The van der Waals surface area contributed by atoms with Crippen LogP contribution in [0.15, 0.2) is 71.1 Å². The minimum absolute atomic E-state index is 0.327. The Morgan fingerprint density at radius 3 is 2.60 bits per heavy atom. The number of nitrogens with zero attached hydrogens (tertiary/aromatic N) is 4. The van der Waals surface area contributed by atoms with Gasteiger partial charge in [0.15, 0.2) is 0 Å². The summed E-state index contributed by atoms with van der Waals surface area (Å²) in [5.74, 6) is 0.428. The molecule has 2 heterocycles. The first-order valence-electron chi connectivity index (χ1n) is 7.91. The van der Waals surface area contributed by atoms with Crippen LogP contribution in [-0.2, 0) is 6.67 Å². The molecule has 0 saturated carbocycles.